The van der Waals surface area contributed by atoms with Gasteiger partial charge in [-0.3, -0.25) is 5.32 Å². The van der Waals surface area contributed by atoms with Crippen molar-refractivity contribution in [3.8, 4) is 0 Å². The lowest BCUT2D eigenvalue weighted by Crippen LogP contribution is -2.18. The van der Waals surface area contributed by atoms with Gasteiger partial charge in [0.25, 0.3) is 0 Å². The molecule has 17 heavy (non-hydrogen) atoms. The first kappa shape index (κ1) is 13.3. The normalized spacial score (nSPS) is 11.1. The van der Waals surface area contributed by atoms with E-state index in [1.807, 2.05) is 5.32 Å². The number of rotatable bonds is 3. The summed E-state index contributed by atoms with van der Waals surface area (Å²) in [5.41, 5.74) is -1.34. The van der Waals surface area contributed by atoms with Crippen LogP contribution in [0.5, 0.6) is 0 Å². The zero-order valence-electron chi connectivity index (χ0n) is 8.62. The smallest absolute Gasteiger partial charge is 0.418 e. The Hall–Kier alpha value is -1.76. The van der Waals surface area contributed by atoms with E-state index < -0.39 is 24.4 Å². The van der Waals surface area contributed by atoms with Crippen molar-refractivity contribution in [2.45, 2.75) is 6.18 Å². The number of carbonyl (C=O) groups is 1. The molecule has 0 saturated heterocycles. The van der Waals surface area contributed by atoms with Gasteiger partial charge in [0, 0.05) is 0 Å². The van der Waals surface area contributed by atoms with Crippen molar-refractivity contribution >= 4 is 11.8 Å². The number of benzene rings is 1. The number of ether oxygens (including phenoxy) is 1. The Morgan fingerprint density at radius 1 is 1.35 bits per heavy atom. The van der Waals surface area contributed by atoms with Gasteiger partial charge in [-0.15, -0.1) is 0 Å². The number of alkyl halides is 3. The predicted molar refractivity (Wildman–Crippen MR) is 53.5 cm³/mol. The Morgan fingerprint density at radius 2 is 2.00 bits per heavy atom. The van der Waals surface area contributed by atoms with Crippen LogP contribution in [-0.4, -0.2) is 24.4 Å². The SMILES string of the molecule is O=C(Nc1ccccc1C(F)(F)F)OCCO. The minimum atomic E-state index is -4.55. The van der Waals surface area contributed by atoms with Crippen LogP contribution in [0.4, 0.5) is 23.7 Å². The largest absolute Gasteiger partial charge is 0.447 e. The van der Waals surface area contributed by atoms with E-state index in [2.05, 4.69) is 4.74 Å². The molecular weight excluding hydrogens is 239 g/mol. The zero-order chi connectivity index (χ0) is 12.9. The standard InChI is InChI=1S/C10H10F3NO3/c11-10(12,13)7-3-1-2-4-8(7)14-9(16)17-6-5-15/h1-4,15H,5-6H2,(H,14,16). The van der Waals surface area contributed by atoms with E-state index in [4.69, 9.17) is 5.11 Å². The van der Waals surface area contributed by atoms with Crippen molar-refractivity contribution in [2.75, 3.05) is 18.5 Å². The highest BCUT2D eigenvalue weighted by atomic mass is 19.4. The molecule has 0 atom stereocenters. The summed E-state index contributed by atoms with van der Waals surface area (Å²) in [4.78, 5) is 11.0. The van der Waals surface area contributed by atoms with Gasteiger partial charge in [-0.2, -0.15) is 13.2 Å². The molecule has 0 aromatic heterocycles. The molecule has 0 aliphatic carbocycles. The van der Waals surface area contributed by atoms with E-state index in [-0.39, 0.29) is 12.3 Å². The fraction of sp³-hybridized carbons (Fsp3) is 0.300. The van der Waals surface area contributed by atoms with E-state index in [0.29, 0.717) is 0 Å². The second-order valence-electron chi connectivity index (χ2n) is 3.03. The first-order chi connectivity index (χ1) is 7.95. The number of hydrogen-bond acceptors (Lipinski definition) is 3. The lowest BCUT2D eigenvalue weighted by molar-refractivity contribution is -0.136. The predicted octanol–water partition coefficient (Wildman–Crippen LogP) is 2.25. The summed E-state index contributed by atoms with van der Waals surface area (Å²) >= 11 is 0. The number of carbonyl (C=O) groups excluding carboxylic acids is 1. The molecule has 0 saturated carbocycles. The maximum absolute atomic E-state index is 12.5. The van der Waals surface area contributed by atoms with Crippen molar-refractivity contribution in [3.05, 3.63) is 29.8 Å². The number of hydrogen-bond donors (Lipinski definition) is 2. The second kappa shape index (κ2) is 5.53. The lowest BCUT2D eigenvalue weighted by Gasteiger charge is -2.13. The van der Waals surface area contributed by atoms with Gasteiger partial charge >= 0.3 is 12.3 Å². The second-order valence-corrected chi connectivity index (χ2v) is 3.03. The van der Waals surface area contributed by atoms with Crippen molar-refractivity contribution in [1.82, 2.24) is 0 Å². The van der Waals surface area contributed by atoms with Gasteiger partial charge < -0.3 is 9.84 Å². The van der Waals surface area contributed by atoms with Gasteiger partial charge in [-0.1, -0.05) is 12.1 Å². The maximum atomic E-state index is 12.5. The Bertz CT molecular complexity index is 393. The number of para-hydroxylation sites is 1. The number of aliphatic hydroxyl groups is 1. The monoisotopic (exact) mass is 249 g/mol. The number of amides is 1. The molecule has 0 fully saturated rings. The summed E-state index contributed by atoms with van der Waals surface area (Å²) in [5.74, 6) is 0. The molecule has 0 heterocycles. The van der Waals surface area contributed by atoms with Gasteiger partial charge in [0.2, 0.25) is 0 Å². The number of nitrogens with one attached hydrogen (secondary N) is 1. The molecular formula is C10H10F3NO3. The van der Waals surface area contributed by atoms with Crippen molar-refractivity contribution < 1.29 is 27.8 Å². The minimum absolute atomic E-state index is 0.278. The molecule has 0 spiro atoms. The zero-order valence-corrected chi connectivity index (χ0v) is 8.62. The molecule has 1 aromatic carbocycles. The highest BCUT2D eigenvalue weighted by Gasteiger charge is 2.33. The molecule has 2 N–H and O–H groups in total. The molecule has 4 nitrogen and oxygen atoms in total. The Morgan fingerprint density at radius 3 is 2.59 bits per heavy atom. The summed E-state index contributed by atoms with van der Waals surface area (Å²) in [5, 5.41) is 10.3. The van der Waals surface area contributed by atoms with Gasteiger partial charge in [0.1, 0.15) is 6.61 Å². The van der Waals surface area contributed by atoms with E-state index in [1.165, 1.54) is 12.1 Å². The Kier molecular flexibility index (Phi) is 4.33. The van der Waals surface area contributed by atoms with Gasteiger partial charge in [0.15, 0.2) is 0 Å². The maximum Gasteiger partial charge on any atom is 0.418 e. The van der Waals surface area contributed by atoms with Gasteiger partial charge in [-0.25, -0.2) is 4.79 Å². The van der Waals surface area contributed by atoms with Gasteiger partial charge in [0.05, 0.1) is 17.9 Å². The molecule has 1 aromatic rings. The Labute approximate surface area is 95.0 Å². The first-order valence-corrected chi connectivity index (χ1v) is 4.66. The molecule has 0 aliphatic rings. The molecule has 1 amide bonds. The van der Waals surface area contributed by atoms with Crippen molar-refractivity contribution in [2.24, 2.45) is 0 Å². The fourth-order valence-electron chi connectivity index (χ4n) is 1.12. The third-order valence-corrected chi connectivity index (χ3v) is 1.79. The molecule has 0 bridgehead atoms. The number of anilines is 1. The van der Waals surface area contributed by atoms with Crippen LogP contribution in [0.3, 0.4) is 0 Å². The highest BCUT2D eigenvalue weighted by Crippen LogP contribution is 2.34. The molecule has 94 valence electrons. The van der Waals surface area contributed by atoms with Crippen molar-refractivity contribution in [3.63, 3.8) is 0 Å². The summed E-state index contributed by atoms with van der Waals surface area (Å²) < 4.78 is 42.0. The summed E-state index contributed by atoms with van der Waals surface area (Å²) in [7, 11) is 0. The third-order valence-electron chi connectivity index (χ3n) is 1.79. The topological polar surface area (TPSA) is 58.6 Å². The molecule has 1 rings (SSSR count). The highest BCUT2D eigenvalue weighted by molar-refractivity contribution is 5.85. The average Bonchev–Trinajstić information content (AvgIpc) is 2.25. The molecule has 0 radical (unpaired) electrons. The third kappa shape index (κ3) is 3.95. The summed E-state index contributed by atoms with van der Waals surface area (Å²) in [6.45, 7) is -0.672. The average molecular weight is 249 g/mol. The first-order valence-electron chi connectivity index (χ1n) is 4.66. The van der Waals surface area contributed by atoms with Crippen LogP contribution in [0.2, 0.25) is 0 Å². The van der Waals surface area contributed by atoms with E-state index >= 15 is 0 Å². The van der Waals surface area contributed by atoms with Crippen LogP contribution in [0, 0.1) is 0 Å². The molecule has 7 heteroatoms. The number of aliphatic hydroxyl groups excluding tert-OH is 1. The van der Waals surface area contributed by atoms with Crippen LogP contribution in [0.25, 0.3) is 0 Å². The quantitative estimate of drug-likeness (QED) is 0.863. The van der Waals surface area contributed by atoms with Crippen LogP contribution >= 0.6 is 0 Å². The van der Waals surface area contributed by atoms with E-state index in [0.717, 1.165) is 12.1 Å². The van der Waals surface area contributed by atoms with Gasteiger partial charge in [-0.05, 0) is 12.1 Å². The Balaban J connectivity index is 2.81. The molecule has 0 aliphatic heterocycles. The number of halogens is 3. The fourth-order valence-corrected chi connectivity index (χ4v) is 1.12. The van der Waals surface area contributed by atoms with E-state index in [9.17, 15) is 18.0 Å². The van der Waals surface area contributed by atoms with Crippen molar-refractivity contribution in [1.29, 1.82) is 0 Å². The lowest BCUT2D eigenvalue weighted by atomic mass is 10.2. The van der Waals surface area contributed by atoms with Crippen LogP contribution < -0.4 is 5.32 Å². The minimum Gasteiger partial charge on any atom is -0.447 e. The van der Waals surface area contributed by atoms with Crippen LogP contribution in [0.1, 0.15) is 5.56 Å². The summed E-state index contributed by atoms with van der Waals surface area (Å²) in [6, 6.07) is 4.54. The van der Waals surface area contributed by atoms with Crippen LogP contribution in [0.15, 0.2) is 24.3 Å². The summed E-state index contributed by atoms with van der Waals surface area (Å²) in [6.07, 6.45) is -5.60. The van der Waals surface area contributed by atoms with Crippen LogP contribution in [-0.2, 0) is 10.9 Å². The van der Waals surface area contributed by atoms with E-state index in [1.54, 1.807) is 0 Å². The molecule has 0 unspecified atom stereocenters.